The van der Waals surface area contributed by atoms with Gasteiger partial charge in [-0.15, -0.1) is 0 Å². The summed E-state index contributed by atoms with van der Waals surface area (Å²) in [6, 6.07) is 5.95. The number of aryl methyl sites for hydroxylation is 2. The highest BCUT2D eigenvalue weighted by atomic mass is 16.3. The second kappa shape index (κ2) is 6.57. The van der Waals surface area contributed by atoms with E-state index in [9.17, 15) is 4.79 Å². The maximum absolute atomic E-state index is 11.9. The lowest BCUT2D eigenvalue weighted by Crippen LogP contribution is -2.38. The summed E-state index contributed by atoms with van der Waals surface area (Å²) in [5, 5.41) is 14.6. The number of amides is 2. The second-order valence-electron chi connectivity index (χ2n) is 5.05. The lowest BCUT2D eigenvalue weighted by atomic mass is 10.1. The number of fused-ring (bicyclic) bond motifs is 1. The number of hydrogen-bond acceptors (Lipinski definition) is 2. The van der Waals surface area contributed by atoms with E-state index in [-0.39, 0.29) is 18.7 Å². The van der Waals surface area contributed by atoms with Crippen molar-refractivity contribution in [3.63, 3.8) is 0 Å². The number of hydrogen-bond donors (Lipinski definition) is 3. The Bertz CT molecular complexity index is 446. The van der Waals surface area contributed by atoms with Crippen LogP contribution in [0.5, 0.6) is 0 Å². The predicted octanol–water partition coefficient (Wildman–Crippen LogP) is 2.46. The first-order valence-electron chi connectivity index (χ1n) is 7.03. The zero-order chi connectivity index (χ0) is 13.7. The van der Waals surface area contributed by atoms with Crippen LogP contribution in [0.15, 0.2) is 18.2 Å². The Hall–Kier alpha value is -1.55. The van der Waals surface area contributed by atoms with Gasteiger partial charge in [0, 0.05) is 18.3 Å². The maximum atomic E-state index is 11.9. The van der Waals surface area contributed by atoms with Crippen molar-refractivity contribution >= 4 is 11.7 Å². The van der Waals surface area contributed by atoms with E-state index in [2.05, 4.69) is 22.8 Å². The molecule has 1 aromatic carbocycles. The smallest absolute Gasteiger partial charge is 0.319 e. The molecule has 1 unspecified atom stereocenters. The summed E-state index contributed by atoms with van der Waals surface area (Å²) in [6.45, 7) is 2.09. The Kier molecular flexibility index (Phi) is 4.80. The summed E-state index contributed by atoms with van der Waals surface area (Å²) in [6.07, 6.45) is 4.87. The van der Waals surface area contributed by atoms with Crippen molar-refractivity contribution in [2.24, 2.45) is 0 Å². The minimum atomic E-state index is -0.196. The summed E-state index contributed by atoms with van der Waals surface area (Å²) in [5.41, 5.74) is 3.59. The minimum absolute atomic E-state index is 0.0272. The highest BCUT2D eigenvalue weighted by Crippen LogP contribution is 2.24. The Balaban J connectivity index is 1.91. The molecular weight excluding hydrogens is 240 g/mol. The quantitative estimate of drug-likeness (QED) is 0.763. The van der Waals surface area contributed by atoms with Gasteiger partial charge in [-0.1, -0.05) is 13.0 Å². The van der Waals surface area contributed by atoms with Crippen LogP contribution in [0.1, 0.15) is 37.3 Å². The third kappa shape index (κ3) is 3.70. The first-order chi connectivity index (χ1) is 9.22. The van der Waals surface area contributed by atoms with E-state index in [0.717, 1.165) is 24.9 Å². The van der Waals surface area contributed by atoms with Crippen molar-refractivity contribution < 1.29 is 9.90 Å². The lowest BCUT2D eigenvalue weighted by molar-refractivity contribution is 0.237. The molecule has 0 heterocycles. The molecule has 104 valence electrons. The number of rotatable bonds is 5. The molecule has 0 saturated heterocycles. The van der Waals surface area contributed by atoms with Crippen LogP contribution in [0.2, 0.25) is 0 Å². The van der Waals surface area contributed by atoms with Gasteiger partial charge in [-0.2, -0.15) is 0 Å². The van der Waals surface area contributed by atoms with Gasteiger partial charge in [0.05, 0.1) is 0 Å². The van der Waals surface area contributed by atoms with Crippen LogP contribution in [-0.2, 0) is 12.8 Å². The Morgan fingerprint density at radius 3 is 2.89 bits per heavy atom. The molecule has 4 nitrogen and oxygen atoms in total. The van der Waals surface area contributed by atoms with Gasteiger partial charge < -0.3 is 15.7 Å². The van der Waals surface area contributed by atoms with Crippen LogP contribution in [0.3, 0.4) is 0 Å². The van der Waals surface area contributed by atoms with E-state index in [4.69, 9.17) is 5.11 Å². The Morgan fingerprint density at radius 2 is 2.16 bits per heavy atom. The van der Waals surface area contributed by atoms with E-state index in [1.54, 1.807) is 0 Å². The Labute approximate surface area is 114 Å². The summed E-state index contributed by atoms with van der Waals surface area (Å²) >= 11 is 0. The molecule has 1 atom stereocenters. The van der Waals surface area contributed by atoms with E-state index < -0.39 is 0 Å². The average Bonchev–Trinajstić information content (AvgIpc) is 2.85. The molecule has 19 heavy (non-hydrogen) atoms. The van der Waals surface area contributed by atoms with Crippen molar-refractivity contribution in [3.05, 3.63) is 29.3 Å². The molecule has 0 aromatic heterocycles. The molecular formula is C15H22N2O2. The monoisotopic (exact) mass is 262 g/mol. The summed E-state index contributed by atoms with van der Waals surface area (Å²) in [5.74, 6) is 0. The number of aliphatic hydroxyl groups is 1. The first kappa shape index (κ1) is 13.9. The Morgan fingerprint density at radius 1 is 1.37 bits per heavy atom. The van der Waals surface area contributed by atoms with Crippen LogP contribution >= 0.6 is 0 Å². The summed E-state index contributed by atoms with van der Waals surface area (Å²) in [7, 11) is 0. The van der Waals surface area contributed by atoms with Crippen LogP contribution in [0, 0.1) is 0 Å². The van der Waals surface area contributed by atoms with Crippen molar-refractivity contribution in [1.29, 1.82) is 0 Å². The molecule has 2 amide bonds. The second-order valence-corrected chi connectivity index (χ2v) is 5.05. The highest BCUT2D eigenvalue weighted by molar-refractivity contribution is 5.89. The van der Waals surface area contributed by atoms with Gasteiger partial charge in [0.15, 0.2) is 0 Å². The van der Waals surface area contributed by atoms with Gasteiger partial charge in [0.1, 0.15) is 0 Å². The molecule has 0 saturated carbocycles. The third-order valence-electron chi connectivity index (χ3n) is 3.66. The molecule has 0 aliphatic heterocycles. The molecule has 4 heteroatoms. The van der Waals surface area contributed by atoms with Crippen molar-refractivity contribution in [1.82, 2.24) is 5.32 Å². The van der Waals surface area contributed by atoms with Crippen LogP contribution < -0.4 is 10.6 Å². The fourth-order valence-electron chi connectivity index (χ4n) is 2.54. The van der Waals surface area contributed by atoms with Gasteiger partial charge >= 0.3 is 6.03 Å². The number of urea groups is 1. The number of carbonyl (C=O) groups is 1. The summed E-state index contributed by atoms with van der Waals surface area (Å²) in [4.78, 5) is 11.9. The normalized spacial score (nSPS) is 14.8. The fourth-order valence-corrected chi connectivity index (χ4v) is 2.54. The number of nitrogens with one attached hydrogen (secondary N) is 2. The van der Waals surface area contributed by atoms with Gasteiger partial charge in [0.2, 0.25) is 0 Å². The van der Waals surface area contributed by atoms with Crippen LogP contribution in [0.25, 0.3) is 0 Å². The van der Waals surface area contributed by atoms with Crippen molar-refractivity contribution in [3.8, 4) is 0 Å². The molecule has 2 rings (SSSR count). The highest BCUT2D eigenvalue weighted by Gasteiger charge is 2.13. The average molecular weight is 262 g/mol. The standard InChI is InChI=1S/C15H22N2O2/c1-2-13(8-9-18)16-15(19)17-14-7-6-11-4-3-5-12(11)10-14/h6-7,10,13,18H,2-5,8-9H2,1H3,(H2,16,17,19). The van der Waals surface area contributed by atoms with E-state index in [0.29, 0.717) is 6.42 Å². The third-order valence-corrected chi connectivity index (χ3v) is 3.66. The predicted molar refractivity (Wildman–Crippen MR) is 76.4 cm³/mol. The SMILES string of the molecule is CCC(CCO)NC(=O)Nc1ccc2c(c1)CCC2. The topological polar surface area (TPSA) is 61.4 Å². The van der Waals surface area contributed by atoms with Crippen LogP contribution in [-0.4, -0.2) is 23.8 Å². The van der Waals surface area contributed by atoms with Gasteiger partial charge in [-0.05, 0) is 55.4 Å². The molecule has 0 spiro atoms. The van der Waals surface area contributed by atoms with Gasteiger partial charge in [-0.3, -0.25) is 0 Å². The van der Waals surface area contributed by atoms with E-state index >= 15 is 0 Å². The van der Waals surface area contributed by atoms with Gasteiger partial charge in [0.25, 0.3) is 0 Å². The largest absolute Gasteiger partial charge is 0.396 e. The molecule has 0 radical (unpaired) electrons. The molecule has 0 bridgehead atoms. The first-order valence-corrected chi connectivity index (χ1v) is 7.03. The number of benzene rings is 1. The molecule has 1 aromatic rings. The van der Waals surface area contributed by atoms with Crippen molar-refractivity contribution in [2.75, 3.05) is 11.9 Å². The van der Waals surface area contributed by atoms with Gasteiger partial charge in [-0.25, -0.2) is 4.79 Å². The molecule has 0 fully saturated rings. The minimum Gasteiger partial charge on any atom is -0.396 e. The maximum Gasteiger partial charge on any atom is 0.319 e. The van der Waals surface area contributed by atoms with Crippen molar-refractivity contribution in [2.45, 2.75) is 45.1 Å². The lowest BCUT2D eigenvalue weighted by Gasteiger charge is -2.16. The zero-order valence-corrected chi connectivity index (χ0v) is 11.4. The number of aliphatic hydroxyl groups excluding tert-OH is 1. The summed E-state index contributed by atoms with van der Waals surface area (Å²) < 4.78 is 0. The number of anilines is 1. The molecule has 1 aliphatic rings. The van der Waals surface area contributed by atoms with Crippen LogP contribution in [0.4, 0.5) is 10.5 Å². The fraction of sp³-hybridized carbons (Fsp3) is 0.533. The van der Waals surface area contributed by atoms with E-state index in [1.165, 1.54) is 17.5 Å². The molecule has 3 N–H and O–H groups in total. The molecule has 1 aliphatic carbocycles. The zero-order valence-electron chi connectivity index (χ0n) is 11.4. The van der Waals surface area contributed by atoms with E-state index in [1.807, 2.05) is 13.0 Å². The number of carbonyl (C=O) groups excluding carboxylic acids is 1.